The number of rotatable bonds is 8. The largest absolute Gasteiger partial charge is 0.497 e. The van der Waals surface area contributed by atoms with Gasteiger partial charge in [-0.25, -0.2) is 0 Å². The summed E-state index contributed by atoms with van der Waals surface area (Å²) in [7, 11) is 1.62. The van der Waals surface area contributed by atoms with E-state index in [2.05, 4.69) is 4.90 Å². The fourth-order valence-electron chi connectivity index (χ4n) is 3.80. The molecule has 1 aliphatic rings. The van der Waals surface area contributed by atoms with Crippen LogP contribution >= 0.6 is 0 Å². The van der Waals surface area contributed by atoms with Crippen LogP contribution in [0.15, 0.2) is 42.5 Å². The fraction of sp³-hybridized carbons (Fsp3) is 0.417. The molecule has 0 spiro atoms. The van der Waals surface area contributed by atoms with Crippen molar-refractivity contribution in [3.8, 4) is 11.5 Å². The summed E-state index contributed by atoms with van der Waals surface area (Å²) in [6.07, 6.45) is 1.67. The van der Waals surface area contributed by atoms with Gasteiger partial charge in [0.05, 0.1) is 13.7 Å². The SMILES string of the molecule is CCOc1ccc(C(C)=O)cc1CN1CCC(C(=O)c2ccc(OC)cc2)CC1. The number of carbonyl (C=O) groups is 2. The standard InChI is InChI=1S/C24H29NO4/c1-4-29-23-10-7-20(17(2)26)15-21(23)16-25-13-11-19(12-14-25)24(27)18-5-8-22(28-3)9-6-18/h5-10,15,19H,4,11-14,16H2,1-3H3. The van der Waals surface area contributed by atoms with E-state index in [1.54, 1.807) is 14.0 Å². The number of ketones is 2. The van der Waals surface area contributed by atoms with Gasteiger partial charge in [0, 0.05) is 29.2 Å². The van der Waals surface area contributed by atoms with Crippen molar-refractivity contribution in [1.29, 1.82) is 0 Å². The van der Waals surface area contributed by atoms with Crippen LogP contribution in [-0.2, 0) is 6.54 Å². The van der Waals surface area contributed by atoms with Gasteiger partial charge in [0.15, 0.2) is 11.6 Å². The van der Waals surface area contributed by atoms with Crippen molar-refractivity contribution in [2.45, 2.75) is 33.2 Å². The fourth-order valence-corrected chi connectivity index (χ4v) is 3.80. The molecule has 1 fully saturated rings. The van der Waals surface area contributed by atoms with Crippen LogP contribution in [-0.4, -0.2) is 43.3 Å². The minimum Gasteiger partial charge on any atom is -0.497 e. The summed E-state index contributed by atoms with van der Waals surface area (Å²) in [6.45, 7) is 6.55. The lowest BCUT2D eigenvalue weighted by atomic mass is 9.88. The van der Waals surface area contributed by atoms with Crippen molar-refractivity contribution in [3.63, 3.8) is 0 Å². The predicted octanol–water partition coefficient (Wildman–Crippen LogP) is 4.39. The molecule has 1 aliphatic heterocycles. The Bertz CT molecular complexity index is 852. The van der Waals surface area contributed by atoms with E-state index in [1.807, 2.05) is 49.4 Å². The second kappa shape index (κ2) is 9.70. The average molecular weight is 395 g/mol. The number of ether oxygens (including phenoxy) is 2. The molecular weight excluding hydrogens is 366 g/mol. The molecule has 1 saturated heterocycles. The number of methoxy groups -OCH3 is 1. The molecule has 2 aromatic rings. The molecule has 2 aromatic carbocycles. The van der Waals surface area contributed by atoms with Crippen LogP contribution in [0.5, 0.6) is 11.5 Å². The Balaban J connectivity index is 1.62. The average Bonchev–Trinajstić information content (AvgIpc) is 2.75. The monoisotopic (exact) mass is 395 g/mol. The molecule has 0 atom stereocenters. The summed E-state index contributed by atoms with van der Waals surface area (Å²) in [6, 6.07) is 13.0. The highest BCUT2D eigenvalue weighted by atomic mass is 16.5. The van der Waals surface area contributed by atoms with E-state index >= 15 is 0 Å². The molecule has 0 N–H and O–H groups in total. The van der Waals surface area contributed by atoms with Crippen molar-refractivity contribution in [3.05, 3.63) is 59.2 Å². The molecule has 0 radical (unpaired) electrons. The Morgan fingerprint density at radius 2 is 1.69 bits per heavy atom. The van der Waals surface area contributed by atoms with Gasteiger partial charge in [-0.05, 0) is 82.2 Å². The van der Waals surface area contributed by atoms with Crippen LogP contribution in [0.25, 0.3) is 0 Å². The molecule has 0 unspecified atom stereocenters. The smallest absolute Gasteiger partial charge is 0.166 e. The summed E-state index contributed by atoms with van der Waals surface area (Å²) in [4.78, 5) is 26.9. The van der Waals surface area contributed by atoms with Crippen LogP contribution in [0.3, 0.4) is 0 Å². The topological polar surface area (TPSA) is 55.8 Å². The number of nitrogens with zero attached hydrogens (tertiary/aromatic N) is 1. The third-order valence-corrected chi connectivity index (χ3v) is 5.49. The first-order chi connectivity index (χ1) is 14.0. The molecule has 1 heterocycles. The van der Waals surface area contributed by atoms with Gasteiger partial charge in [-0.3, -0.25) is 14.5 Å². The van der Waals surface area contributed by atoms with Crippen LogP contribution in [0.4, 0.5) is 0 Å². The zero-order valence-electron chi connectivity index (χ0n) is 17.4. The van der Waals surface area contributed by atoms with Gasteiger partial charge >= 0.3 is 0 Å². The maximum absolute atomic E-state index is 12.8. The Kier molecular flexibility index (Phi) is 7.04. The van der Waals surface area contributed by atoms with E-state index in [0.717, 1.165) is 55.1 Å². The van der Waals surface area contributed by atoms with Crippen molar-refractivity contribution >= 4 is 11.6 Å². The quantitative estimate of drug-likeness (QED) is 0.621. The Morgan fingerprint density at radius 3 is 2.28 bits per heavy atom. The van der Waals surface area contributed by atoms with Gasteiger partial charge in [-0.2, -0.15) is 0 Å². The van der Waals surface area contributed by atoms with Crippen molar-refractivity contribution in [2.75, 3.05) is 26.8 Å². The number of carbonyl (C=O) groups excluding carboxylic acids is 2. The number of likely N-dealkylation sites (tertiary alicyclic amines) is 1. The summed E-state index contributed by atoms with van der Waals surface area (Å²) >= 11 is 0. The first-order valence-electron chi connectivity index (χ1n) is 10.2. The minimum absolute atomic E-state index is 0.0505. The maximum atomic E-state index is 12.8. The highest BCUT2D eigenvalue weighted by Gasteiger charge is 2.26. The lowest BCUT2D eigenvalue weighted by molar-refractivity contribution is 0.0833. The molecule has 0 aliphatic carbocycles. The van der Waals surface area contributed by atoms with E-state index in [-0.39, 0.29) is 17.5 Å². The predicted molar refractivity (Wildman–Crippen MR) is 113 cm³/mol. The first kappa shape index (κ1) is 21.1. The molecule has 0 amide bonds. The number of benzene rings is 2. The van der Waals surface area contributed by atoms with Crippen molar-refractivity contribution in [2.24, 2.45) is 5.92 Å². The van der Waals surface area contributed by atoms with Crippen LogP contribution < -0.4 is 9.47 Å². The number of Topliss-reactive ketones (excluding diaryl/α,β-unsaturated/α-hetero) is 2. The molecule has 0 saturated carbocycles. The first-order valence-corrected chi connectivity index (χ1v) is 10.2. The molecule has 5 heteroatoms. The highest BCUT2D eigenvalue weighted by molar-refractivity contribution is 5.98. The van der Waals surface area contributed by atoms with Crippen molar-refractivity contribution in [1.82, 2.24) is 4.90 Å². The van der Waals surface area contributed by atoms with E-state index in [1.165, 1.54) is 0 Å². The second-order valence-electron chi connectivity index (χ2n) is 7.45. The van der Waals surface area contributed by atoms with E-state index in [9.17, 15) is 9.59 Å². The van der Waals surface area contributed by atoms with Gasteiger partial charge in [0.1, 0.15) is 11.5 Å². The minimum atomic E-state index is 0.0505. The highest BCUT2D eigenvalue weighted by Crippen LogP contribution is 2.27. The number of piperidine rings is 1. The van der Waals surface area contributed by atoms with Gasteiger partial charge in [0.2, 0.25) is 0 Å². The van der Waals surface area contributed by atoms with Crippen LogP contribution in [0.2, 0.25) is 0 Å². The summed E-state index contributed by atoms with van der Waals surface area (Å²) in [5.74, 6) is 1.90. The number of hydrogen-bond acceptors (Lipinski definition) is 5. The maximum Gasteiger partial charge on any atom is 0.166 e. The lowest BCUT2D eigenvalue weighted by Crippen LogP contribution is -2.36. The summed E-state index contributed by atoms with van der Waals surface area (Å²) in [5, 5.41) is 0. The zero-order valence-corrected chi connectivity index (χ0v) is 17.4. The Morgan fingerprint density at radius 1 is 1.03 bits per heavy atom. The van der Waals surface area contributed by atoms with Gasteiger partial charge in [-0.15, -0.1) is 0 Å². The molecule has 0 aromatic heterocycles. The van der Waals surface area contributed by atoms with Crippen molar-refractivity contribution < 1.29 is 19.1 Å². The second-order valence-corrected chi connectivity index (χ2v) is 7.45. The zero-order chi connectivity index (χ0) is 20.8. The third-order valence-electron chi connectivity index (χ3n) is 5.49. The van der Waals surface area contributed by atoms with E-state index in [4.69, 9.17) is 9.47 Å². The van der Waals surface area contributed by atoms with Gasteiger partial charge < -0.3 is 9.47 Å². The van der Waals surface area contributed by atoms with E-state index < -0.39 is 0 Å². The Hall–Kier alpha value is -2.66. The van der Waals surface area contributed by atoms with Crippen LogP contribution in [0.1, 0.15) is 53.0 Å². The van der Waals surface area contributed by atoms with E-state index in [0.29, 0.717) is 12.2 Å². The number of hydrogen-bond donors (Lipinski definition) is 0. The molecule has 29 heavy (non-hydrogen) atoms. The molecule has 3 rings (SSSR count). The lowest BCUT2D eigenvalue weighted by Gasteiger charge is -2.31. The van der Waals surface area contributed by atoms with Crippen LogP contribution in [0, 0.1) is 5.92 Å². The Labute approximate surface area is 172 Å². The molecule has 5 nitrogen and oxygen atoms in total. The normalized spacial score (nSPS) is 15.1. The molecular formula is C24H29NO4. The summed E-state index contributed by atoms with van der Waals surface area (Å²) in [5.41, 5.74) is 2.48. The summed E-state index contributed by atoms with van der Waals surface area (Å²) < 4.78 is 10.9. The van der Waals surface area contributed by atoms with Gasteiger partial charge in [-0.1, -0.05) is 0 Å². The molecule has 0 bridgehead atoms. The third kappa shape index (κ3) is 5.24. The molecule has 154 valence electrons. The van der Waals surface area contributed by atoms with Gasteiger partial charge in [0.25, 0.3) is 0 Å².